The molecule has 0 spiro atoms. The first kappa shape index (κ1) is 13.2. The standard InChI is InChI=1S/C14H18N2OS/c1-2-12(9-17)15-8-14-16-13(10-18-14)11-6-4-3-5-7-11/h3-7,10,12,15,17H,2,8-9H2,1H3/t12-/m1/s1. The number of aromatic nitrogens is 1. The van der Waals surface area contributed by atoms with Gasteiger partial charge in [-0.2, -0.15) is 0 Å². The number of nitrogens with one attached hydrogen (secondary N) is 1. The van der Waals surface area contributed by atoms with Crippen LogP contribution >= 0.6 is 11.3 Å². The molecule has 1 aromatic heterocycles. The van der Waals surface area contributed by atoms with Crippen molar-refractivity contribution < 1.29 is 5.11 Å². The average Bonchev–Trinajstić information content (AvgIpc) is 2.90. The first-order valence-electron chi connectivity index (χ1n) is 6.17. The third kappa shape index (κ3) is 3.38. The molecule has 1 aromatic carbocycles. The zero-order valence-corrected chi connectivity index (χ0v) is 11.3. The number of hydrogen-bond acceptors (Lipinski definition) is 4. The lowest BCUT2D eigenvalue weighted by Gasteiger charge is -2.12. The molecule has 0 unspecified atom stereocenters. The number of nitrogens with zero attached hydrogens (tertiary/aromatic N) is 1. The van der Waals surface area contributed by atoms with E-state index in [0.29, 0.717) is 0 Å². The normalized spacial score (nSPS) is 12.6. The molecule has 0 amide bonds. The summed E-state index contributed by atoms with van der Waals surface area (Å²) < 4.78 is 0. The first-order chi connectivity index (χ1) is 8.83. The van der Waals surface area contributed by atoms with E-state index in [1.54, 1.807) is 11.3 Å². The molecular weight excluding hydrogens is 244 g/mol. The fraction of sp³-hybridized carbons (Fsp3) is 0.357. The van der Waals surface area contributed by atoms with E-state index >= 15 is 0 Å². The predicted octanol–water partition coefficient (Wildman–Crippen LogP) is 2.67. The lowest BCUT2D eigenvalue weighted by Crippen LogP contribution is -2.31. The molecule has 2 N–H and O–H groups in total. The highest BCUT2D eigenvalue weighted by Gasteiger charge is 2.07. The monoisotopic (exact) mass is 262 g/mol. The Labute approximate surface area is 112 Å². The van der Waals surface area contributed by atoms with Crippen molar-refractivity contribution in [2.75, 3.05) is 6.61 Å². The minimum Gasteiger partial charge on any atom is -0.395 e. The second-order valence-corrected chi connectivity index (χ2v) is 5.10. The van der Waals surface area contributed by atoms with Crippen molar-refractivity contribution in [2.45, 2.75) is 25.9 Å². The quantitative estimate of drug-likeness (QED) is 0.841. The molecule has 0 radical (unpaired) electrons. The SMILES string of the molecule is CC[C@H](CO)NCc1nc(-c2ccccc2)cs1. The van der Waals surface area contributed by atoms with Crippen LogP contribution in [0, 0.1) is 0 Å². The van der Waals surface area contributed by atoms with Crippen LogP contribution in [0.25, 0.3) is 11.3 Å². The van der Waals surface area contributed by atoms with Gasteiger partial charge in [-0.05, 0) is 6.42 Å². The van der Waals surface area contributed by atoms with Gasteiger partial charge in [0, 0.05) is 23.5 Å². The summed E-state index contributed by atoms with van der Waals surface area (Å²) in [5, 5.41) is 15.5. The summed E-state index contributed by atoms with van der Waals surface area (Å²) in [6, 6.07) is 10.3. The highest BCUT2D eigenvalue weighted by atomic mass is 32.1. The van der Waals surface area contributed by atoms with Crippen molar-refractivity contribution in [1.29, 1.82) is 0 Å². The van der Waals surface area contributed by atoms with Gasteiger partial charge in [-0.3, -0.25) is 0 Å². The molecule has 0 aliphatic carbocycles. The molecule has 2 rings (SSSR count). The van der Waals surface area contributed by atoms with Crippen molar-refractivity contribution in [1.82, 2.24) is 10.3 Å². The molecule has 0 fully saturated rings. The molecular formula is C14H18N2OS. The fourth-order valence-electron chi connectivity index (χ4n) is 1.70. The summed E-state index contributed by atoms with van der Waals surface area (Å²) in [7, 11) is 0. The summed E-state index contributed by atoms with van der Waals surface area (Å²) in [6.45, 7) is 2.95. The summed E-state index contributed by atoms with van der Waals surface area (Å²) in [6.07, 6.45) is 0.924. The molecule has 0 saturated heterocycles. The maximum atomic E-state index is 9.11. The molecule has 96 valence electrons. The second-order valence-electron chi connectivity index (χ2n) is 4.16. The highest BCUT2D eigenvalue weighted by Crippen LogP contribution is 2.21. The zero-order valence-electron chi connectivity index (χ0n) is 10.5. The molecule has 0 bridgehead atoms. The Balaban J connectivity index is 1.98. The molecule has 1 heterocycles. The Hall–Kier alpha value is -1.23. The lowest BCUT2D eigenvalue weighted by molar-refractivity contribution is 0.238. The number of benzene rings is 1. The van der Waals surface area contributed by atoms with E-state index in [1.165, 1.54) is 0 Å². The summed E-state index contributed by atoms with van der Waals surface area (Å²) in [4.78, 5) is 4.60. The Morgan fingerprint density at radius 1 is 1.33 bits per heavy atom. The van der Waals surface area contributed by atoms with Gasteiger partial charge < -0.3 is 10.4 Å². The summed E-state index contributed by atoms with van der Waals surface area (Å²) >= 11 is 1.65. The van der Waals surface area contributed by atoms with Gasteiger partial charge in [0.15, 0.2) is 0 Å². The third-order valence-corrected chi connectivity index (χ3v) is 3.73. The number of aliphatic hydroxyl groups excluding tert-OH is 1. The van der Waals surface area contributed by atoms with E-state index in [1.807, 2.05) is 18.2 Å². The van der Waals surface area contributed by atoms with Crippen molar-refractivity contribution in [3.8, 4) is 11.3 Å². The minimum atomic E-state index is 0.161. The number of aliphatic hydroxyl groups is 1. The molecule has 0 aliphatic rings. The van der Waals surface area contributed by atoms with E-state index in [9.17, 15) is 0 Å². The van der Waals surface area contributed by atoms with Gasteiger partial charge in [-0.1, -0.05) is 37.3 Å². The van der Waals surface area contributed by atoms with E-state index in [-0.39, 0.29) is 12.6 Å². The Bertz CT molecular complexity index is 466. The van der Waals surface area contributed by atoms with E-state index < -0.39 is 0 Å². The van der Waals surface area contributed by atoms with Crippen LogP contribution in [0.5, 0.6) is 0 Å². The van der Waals surface area contributed by atoms with Crippen LogP contribution in [0.2, 0.25) is 0 Å². The molecule has 0 aliphatic heterocycles. The summed E-state index contributed by atoms with van der Waals surface area (Å²) in [5.74, 6) is 0. The van der Waals surface area contributed by atoms with E-state index in [2.05, 4.69) is 34.7 Å². The van der Waals surface area contributed by atoms with Gasteiger partial charge in [-0.15, -0.1) is 11.3 Å². The van der Waals surface area contributed by atoms with Gasteiger partial charge in [0.25, 0.3) is 0 Å². The first-order valence-corrected chi connectivity index (χ1v) is 7.05. The Morgan fingerprint density at radius 3 is 2.78 bits per heavy atom. The van der Waals surface area contributed by atoms with Gasteiger partial charge in [0.2, 0.25) is 0 Å². The molecule has 18 heavy (non-hydrogen) atoms. The molecule has 2 aromatic rings. The van der Waals surface area contributed by atoms with Gasteiger partial charge in [0.1, 0.15) is 5.01 Å². The number of hydrogen-bond donors (Lipinski definition) is 2. The maximum absolute atomic E-state index is 9.11. The van der Waals surface area contributed by atoms with Gasteiger partial charge in [-0.25, -0.2) is 4.98 Å². The van der Waals surface area contributed by atoms with Crippen molar-refractivity contribution >= 4 is 11.3 Å². The van der Waals surface area contributed by atoms with Crippen LogP contribution in [0.3, 0.4) is 0 Å². The summed E-state index contributed by atoms with van der Waals surface area (Å²) in [5.41, 5.74) is 2.17. The molecule has 4 heteroatoms. The molecule has 3 nitrogen and oxygen atoms in total. The van der Waals surface area contributed by atoms with E-state index in [0.717, 1.165) is 29.2 Å². The second kappa shape index (κ2) is 6.64. The molecule has 1 atom stereocenters. The largest absolute Gasteiger partial charge is 0.395 e. The molecule has 0 saturated carbocycles. The van der Waals surface area contributed by atoms with Crippen LogP contribution in [-0.2, 0) is 6.54 Å². The van der Waals surface area contributed by atoms with E-state index in [4.69, 9.17) is 5.11 Å². The van der Waals surface area contributed by atoms with Gasteiger partial charge >= 0.3 is 0 Å². The van der Waals surface area contributed by atoms with Crippen molar-refractivity contribution in [3.63, 3.8) is 0 Å². The number of thiazole rings is 1. The average molecular weight is 262 g/mol. The zero-order chi connectivity index (χ0) is 12.8. The van der Waals surface area contributed by atoms with Crippen molar-refractivity contribution in [3.05, 3.63) is 40.7 Å². The lowest BCUT2D eigenvalue weighted by atomic mass is 10.2. The van der Waals surface area contributed by atoms with Crippen LogP contribution in [0.1, 0.15) is 18.4 Å². The smallest absolute Gasteiger partial charge is 0.107 e. The predicted molar refractivity (Wildman–Crippen MR) is 75.6 cm³/mol. The fourth-order valence-corrected chi connectivity index (χ4v) is 2.46. The Kier molecular flexibility index (Phi) is 4.87. The maximum Gasteiger partial charge on any atom is 0.107 e. The van der Waals surface area contributed by atoms with Crippen LogP contribution in [0.15, 0.2) is 35.7 Å². The van der Waals surface area contributed by atoms with Gasteiger partial charge in [0.05, 0.1) is 12.3 Å². The minimum absolute atomic E-state index is 0.161. The van der Waals surface area contributed by atoms with Crippen LogP contribution < -0.4 is 5.32 Å². The Morgan fingerprint density at radius 2 is 2.11 bits per heavy atom. The third-order valence-electron chi connectivity index (χ3n) is 2.88. The van der Waals surface area contributed by atoms with Crippen LogP contribution in [-0.4, -0.2) is 22.7 Å². The van der Waals surface area contributed by atoms with Crippen LogP contribution in [0.4, 0.5) is 0 Å². The topological polar surface area (TPSA) is 45.1 Å². The van der Waals surface area contributed by atoms with Crippen molar-refractivity contribution in [2.24, 2.45) is 0 Å². The highest BCUT2D eigenvalue weighted by molar-refractivity contribution is 7.09. The number of rotatable bonds is 6.